The Labute approximate surface area is 125 Å². The zero-order valence-corrected chi connectivity index (χ0v) is 12.3. The SMILES string of the molecule is C=CCC1(Cc2ccccc2)C(=O)CCC=C1OC(C)=O. The summed E-state index contributed by atoms with van der Waals surface area (Å²) in [5, 5.41) is 0. The van der Waals surface area contributed by atoms with Crippen LogP contribution in [0.1, 0.15) is 31.7 Å². The third-order valence-corrected chi connectivity index (χ3v) is 3.80. The summed E-state index contributed by atoms with van der Waals surface area (Å²) in [6.07, 6.45) is 5.69. The smallest absolute Gasteiger partial charge is 0.307 e. The summed E-state index contributed by atoms with van der Waals surface area (Å²) < 4.78 is 5.36. The number of Topliss-reactive ketones (excluding diaryl/α,β-unsaturated/α-hetero) is 1. The summed E-state index contributed by atoms with van der Waals surface area (Å²) in [6, 6.07) is 9.80. The number of ketones is 1. The summed E-state index contributed by atoms with van der Waals surface area (Å²) in [6.45, 7) is 5.13. The maximum atomic E-state index is 12.6. The monoisotopic (exact) mass is 284 g/mol. The molecule has 0 heterocycles. The van der Waals surface area contributed by atoms with Gasteiger partial charge < -0.3 is 4.74 Å². The highest BCUT2D eigenvalue weighted by atomic mass is 16.5. The van der Waals surface area contributed by atoms with Crippen molar-refractivity contribution in [1.29, 1.82) is 0 Å². The van der Waals surface area contributed by atoms with Gasteiger partial charge in [0, 0.05) is 13.3 Å². The maximum absolute atomic E-state index is 12.6. The zero-order chi connectivity index (χ0) is 15.3. The lowest BCUT2D eigenvalue weighted by atomic mass is 9.69. The Bertz CT molecular complexity index is 571. The number of ether oxygens (including phenoxy) is 1. The van der Waals surface area contributed by atoms with Crippen molar-refractivity contribution in [1.82, 2.24) is 0 Å². The molecule has 21 heavy (non-hydrogen) atoms. The number of carbonyl (C=O) groups excluding carboxylic acids is 2. The fraction of sp³-hybridized carbons (Fsp3) is 0.333. The van der Waals surface area contributed by atoms with Crippen molar-refractivity contribution < 1.29 is 14.3 Å². The molecule has 110 valence electrons. The minimum absolute atomic E-state index is 0.116. The molecule has 0 N–H and O–H groups in total. The van der Waals surface area contributed by atoms with Crippen molar-refractivity contribution in [2.45, 2.75) is 32.6 Å². The van der Waals surface area contributed by atoms with Crippen molar-refractivity contribution in [3.63, 3.8) is 0 Å². The Balaban J connectivity index is 2.42. The Morgan fingerprint density at radius 1 is 1.38 bits per heavy atom. The maximum Gasteiger partial charge on any atom is 0.307 e. The first-order chi connectivity index (χ1) is 10.1. The first-order valence-electron chi connectivity index (χ1n) is 7.15. The molecule has 1 aliphatic carbocycles. The lowest BCUT2D eigenvalue weighted by molar-refractivity contribution is -0.141. The number of esters is 1. The molecule has 1 aliphatic rings. The van der Waals surface area contributed by atoms with E-state index < -0.39 is 11.4 Å². The fourth-order valence-corrected chi connectivity index (χ4v) is 2.86. The van der Waals surface area contributed by atoms with Crippen molar-refractivity contribution in [2.24, 2.45) is 5.41 Å². The highest BCUT2D eigenvalue weighted by molar-refractivity contribution is 5.90. The molecular formula is C18H20O3. The van der Waals surface area contributed by atoms with Crippen LogP contribution in [0.4, 0.5) is 0 Å². The van der Waals surface area contributed by atoms with E-state index in [-0.39, 0.29) is 5.78 Å². The molecule has 0 radical (unpaired) electrons. The van der Waals surface area contributed by atoms with E-state index in [1.165, 1.54) is 6.92 Å². The van der Waals surface area contributed by atoms with Crippen LogP contribution in [0.5, 0.6) is 0 Å². The molecule has 0 saturated carbocycles. The number of rotatable bonds is 5. The average molecular weight is 284 g/mol. The Hall–Kier alpha value is -2.16. The highest BCUT2D eigenvalue weighted by Gasteiger charge is 2.44. The zero-order valence-electron chi connectivity index (χ0n) is 12.3. The number of benzene rings is 1. The average Bonchev–Trinajstić information content (AvgIpc) is 2.45. The molecule has 0 saturated heterocycles. The van der Waals surface area contributed by atoms with Gasteiger partial charge in [-0.05, 0) is 30.9 Å². The van der Waals surface area contributed by atoms with Gasteiger partial charge in [0.05, 0.1) is 5.41 Å². The standard InChI is InChI=1S/C18H20O3/c1-3-12-18(13-15-8-5-4-6-9-15)16(20)10-7-11-17(18)21-14(2)19/h3-6,8-9,11H,1,7,10,12-13H2,2H3. The molecule has 0 amide bonds. The number of carbonyl (C=O) groups is 2. The molecule has 2 rings (SSSR count). The summed E-state index contributed by atoms with van der Waals surface area (Å²) >= 11 is 0. The summed E-state index contributed by atoms with van der Waals surface area (Å²) in [4.78, 5) is 24.0. The first kappa shape index (κ1) is 15.2. The quantitative estimate of drug-likeness (QED) is 0.613. The largest absolute Gasteiger partial charge is 0.430 e. The van der Waals surface area contributed by atoms with E-state index in [0.717, 1.165) is 5.56 Å². The predicted molar refractivity (Wildman–Crippen MR) is 81.5 cm³/mol. The fourth-order valence-electron chi connectivity index (χ4n) is 2.86. The van der Waals surface area contributed by atoms with Crippen LogP contribution in [-0.2, 0) is 20.7 Å². The van der Waals surface area contributed by atoms with E-state index in [1.807, 2.05) is 36.4 Å². The Morgan fingerprint density at radius 2 is 2.10 bits per heavy atom. The molecule has 0 bridgehead atoms. The van der Waals surface area contributed by atoms with Crippen LogP contribution in [0.2, 0.25) is 0 Å². The van der Waals surface area contributed by atoms with Gasteiger partial charge in [-0.25, -0.2) is 0 Å². The predicted octanol–water partition coefficient (Wildman–Crippen LogP) is 3.60. The second-order valence-electron chi connectivity index (χ2n) is 5.36. The van der Waals surface area contributed by atoms with Crippen LogP contribution in [0.3, 0.4) is 0 Å². The Morgan fingerprint density at radius 3 is 2.71 bits per heavy atom. The third kappa shape index (κ3) is 3.30. The van der Waals surface area contributed by atoms with Crippen LogP contribution in [0.25, 0.3) is 0 Å². The highest BCUT2D eigenvalue weighted by Crippen LogP contribution is 2.42. The van der Waals surface area contributed by atoms with Gasteiger partial charge in [-0.15, -0.1) is 6.58 Å². The molecule has 1 aromatic carbocycles. The summed E-state index contributed by atoms with van der Waals surface area (Å²) in [7, 11) is 0. The molecule has 1 atom stereocenters. The molecule has 0 fully saturated rings. The van der Waals surface area contributed by atoms with Crippen LogP contribution >= 0.6 is 0 Å². The third-order valence-electron chi connectivity index (χ3n) is 3.80. The lowest BCUT2D eigenvalue weighted by Gasteiger charge is -2.35. The number of hydrogen-bond acceptors (Lipinski definition) is 3. The number of hydrogen-bond donors (Lipinski definition) is 0. The van der Waals surface area contributed by atoms with Crippen molar-refractivity contribution in [3.8, 4) is 0 Å². The minimum Gasteiger partial charge on any atom is -0.430 e. The lowest BCUT2D eigenvalue weighted by Crippen LogP contribution is -2.39. The van der Waals surface area contributed by atoms with Crippen LogP contribution in [-0.4, -0.2) is 11.8 Å². The van der Waals surface area contributed by atoms with Crippen molar-refractivity contribution in [3.05, 3.63) is 60.4 Å². The van der Waals surface area contributed by atoms with Gasteiger partial charge in [-0.2, -0.15) is 0 Å². The van der Waals surface area contributed by atoms with E-state index in [9.17, 15) is 9.59 Å². The molecule has 1 aromatic rings. The molecule has 3 nitrogen and oxygen atoms in total. The summed E-state index contributed by atoms with van der Waals surface area (Å²) in [5.74, 6) is 0.206. The van der Waals surface area contributed by atoms with E-state index in [0.29, 0.717) is 31.4 Å². The van der Waals surface area contributed by atoms with Gasteiger partial charge in [0.2, 0.25) is 0 Å². The normalized spacial score (nSPS) is 21.6. The molecule has 0 aromatic heterocycles. The van der Waals surface area contributed by atoms with Gasteiger partial charge in [0.1, 0.15) is 11.5 Å². The van der Waals surface area contributed by atoms with Crippen LogP contribution < -0.4 is 0 Å². The van der Waals surface area contributed by atoms with Crippen LogP contribution in [0.15, 0.2) is 54.8 Å². The van der Waals surface area contributed by atoms with Crippen molar-refractivity contribution in [2.75, 3.05) is 0 Å². The summed E-state index contributed by atoms with van der Waals surface area (Å²) in [5.41, 5.74) is 0.250. The van der Waals surface area contributed by atoms with E-state index in [4.69, 9.17) is 4.74 Å². The van der Waals surface area contributed by atoms with Crippen LogP contribution in [0, 0.1) is 5.41 Å². The molecular weight excluding hydrogens is 264 g/mol. The first-order valence-corrected chi connectivity index (χ1v) is 7.15. The van der Waals surface area contributed by atoms with Gasteiger partial charge in [0.15, 0.2) is 0 Å². The topological polar surface area (TPSA) is 43.4 Å². The van der Waals surface area contributed by atoms with E-state index in [2.05, 4.69) is 6.58 Å². The molecule has 1 unspecified atom stereocenters. The molecule has 0 aliphatic heterocycles. The second-order valence-corrected chi connectivity index (χ2v) is 5.36. The van der Waals surface area contributed by atoms with E-state index >= 15 is 0 Å². The van der Waals surface area contributed by atoms with Gasteiger partial charge in [0.25, 0.3) is 0 Å². The van der Waals surface area contributed by atoms with E-state index in [1.54, 1.807) is 6.08 Å². The molecule has 0 spiro atoms. The number of allylic oxidation sites excluding steroid dienone is 3. The Kier molecular flexibility index (Phi) is 4.73. The second kappa shape index (κ2) is 6.53. The minimum atomic E-state index is -0.799. The van der Waals surface area contributed by atoms with Crippen molar-refractivity contribution >= 4 is 11.8 Å². The van der Waals surface area contributed by atoms with Gasteiger partial charge >= 0.3 is 5.97 Å². The van der Waals surface area contributed by atoms with Gasteiger partial charge in [-0.3, -0.25) is 9.59 Å². The van der Waals surface area contributed by atoms with Gasteiger partial charge in [-0.1, -0.05) is 36.4 Å². The molecule has 3 heteroatoms.